The molecule has 1 saturated carbocycles. The molecule has 1 aliphatic rings. The molecule has 0 saturated heterocycles. The second-order valence-electron chi connectivity index (χ2n) is 5.39. The second-order valence-corrected chi connectivity index (χ2v) is 5.39. The van der Waals surface area contributed by atoms with Crippen LogP contribution in [0.1, 0.15) is 44.6 Å². The highest BCUT2D eigenvalue weighted by Gasteiger charge is 2.22. The summed E-state index contributed by atoms with van der Waals surface area (Å²) in [6.45, 7) is 2.55. The Bertz CT molecular complexity index is 362. The van der Waals surface area contributed by atoms with Gasteiger partial charge in [-0.2, -0.15) is 0 Å². The normalized spacial score (nSPS) is 23.9. The summed E-state index contributed by atoms with van der Waals surface area (Å²) in [7, 11) is 0. The van der Waals surface area contributed by atoms with Crippen molar-refractivity contribution in [1.29, 1.82) is 0 Å². The Morgan fingerprint density at radius 2 is 2.11 bits per heavy atom. The summed E-state index contributed by atoms with van der Waals surface area (Å²) < 4.78 is 6.13. The molecule has 0 unspecified atom stereocenters. The van der Waals surface area contributed by atoms with Crippen LogP contribution in [0.4, 0.5) is 0 Å². The monoisotopic (exact) mass is 248 g/mol. The topological polar surface area (TPSA) is 29.5 Å². The molecule has 1 aromatic carbocycles. The van der Waals surface area contributed by atoms with Crippen molar-refractivity contribution in [3.8, 4) is 5.75 Å². The van der Waals surface area contributed by atoms with Gasteiger partial charge >= 0.3 is 0 Å². The van der Waals surface area contributed by atoms with Gasteiger partial charge in [-0.05, 0) is 55.7 Å². The van der Waals surface area contributed by atoms with Gasteiger partial charge < -0.3 is 9.84 Å². The van der Waals surface area contributed by atoms with Gasteiger partial charge in [0.05, 0.1) is 0 Å². The Morgan fingerprint density at radius 1 is 1.28 bits per heavy atom. The molecule has 2 rings (SSSR count). The van der Waals surface area contributed by atoms with Crippen molar-refractivity contribution in [2.75, 3.05) is 6.61 Å². The molecule has 0 spiro atoms. The minimum absolute atomic E-state index is 0.255. The largest absolute Gasteiger partial charge is 0.490 e. The van der Waals surface area contributed by atoms with Crippen LogP contribution < -0.4 is 4.74 Å². The van der Waals surface area contributed by atoms with Gasteiger partial charge in [-0.3, -0.25) is 0 Å². The van der Waals surface area contributed by atoms with E-state index in [1.54, 1.807) is 0 Å². The van der Waals surface area contributed by atoms with Crippen LogP contribution in [0, 0.1) is 5.92 Å². The standard InChI is InChI=1S/C16H24O2/c1-13-6-2-3-10-16(13)18-15-9-4-7-14(12-15)8-5-11-17/h4,7,9,12-13,16-17H,2-3,5-6,8,10-11H2,1H3/t13-,16+/m0/s1. The molecule has 0 bridgehead atoms. The molecule has 2 atom stereocenters. The van der Waals surface area contributed by atoms with E-state index in [0.717, 1.165) is 18.6 Å². The van der Waals surface area contributed by atoms with Gasteiger partial charge in [0, 0.05) is 6.61 Å². The highest BCUT2D eigenvalue weighted by molar-refractivity contribution is 5.28. The van der Waals surface area contributed by atoms with Gasteiger partial charge in [0.25, 0.3) is 0 Å². The van der Waals surface area contributed by atoms with E-state index >= 15 is 0 Å². The maximum atomic E-state index is 8.86. The number of benzene rings is 1. The predicted molar refractivity (Wildman–Crippen MR) is 73.9 cm³/mol. The molecular formula is C16H24O2. The molecule has 1 fully saturated rings. The lowest BCUT2D eigenvalue weighted by Gasteiger charge is -2.29. The molecule has 0 amide bonds. The Kier molecular flexibility index (Phi) is 5.06. The molecule has 1 aromatic rings. The summed E-state index contributed by atoms with van der Waals surface area (Å²) in [5, 5.41) is 8.86. The zero-order chi connectivity index (χ0) is 12.8. The first-order chi connectivity index (χ1) is 8.79. The number of aliphatic hydroxyl groups is 1. The van der Waals surface area contributed by atoms with Gasteiger partial charge in [-0.25, -0.2) is 0 Å². The van der Waals surface area contributed by atoms with Crippen LogP contribution in [0.5, 0.6) is 5.75 Å². The molecular weight excluding hydrogens is 224 g/mol. The van der Waals surface area contributed by atoms with E-state index in [4.69, 9.17) is 9.84 Å². The number of aliphatic hydroxyl groups excluding tert-OH is 1. The van der Waals surface area contributed by atoms with E-state index in [-0.39, 0.29) is 6.61 Å². The van der Waals surface area contributed by atoms with E-state index in [2.05, 4.69) is 25.1 Å². The Morgan fingerprint density at radius 3 is 2.89 bits per heavy atom. The van der Waals surface area contributed by atoms with Gasteiger partial charge in [-0.15, -0.1) is 0 Å². The molecule has 0 aromatic heterocycles. The zero-order valence-corrected chi connectivity index (χ0v) is 11.3. The number of aryl methyl sites for hydroxylation is 1. The van der Waals surface area contributed by atoms with Crippen LogP contribution >= 0.6 is 0 Å². The molecule has 0 aliphatic heterocycles. The quantitative estimate of drug-likeness (QED) is 0.863. The van der Waals surface area contributed by atoms with Gasteiger partial charge in [-0.1, -0.05) is 25.5 Å². The van der Waals surface area contributed by atoms with Crippen molar-refractivity contribution < 1.29 is 9.84 Å². The van der Waals surface area contributed by atoms with Crippen LogP contribution in [0.15, 0.2) is 24.3 Å². The SMILES string of the molecule is C[C@H]1CCCC[C@H]1Oc1cccc(CCCO)c1. The van der Waals surface area contributed by atoms with Crippen molar-refractivity contribution in [3.05, 3.63) is 29.8 Å². The highest BCUT2D eigenvalue weighted by atomic mass is 16.5. The third kappa shape index (κ3) is 3.74. The molecule has 0 heterocycles. The van der Waals surface area contributed by atoms with Crippen LogP contribution in [-0.2, 0) is 6.42 Å². The van der Waals surface area contributed by atoms with E-state index in [9.17, 15) is 0 Å². The summed E-state index contributed by atoms with van der Waals surface area (Å²) in [5.41, 5.74) is 1.25. The predicted octanol–water partition coefficient (Wildman–Crippen LogP) is 3.57. The fourth-order valence-corrected chi connectivity index (χ4v) is 2.69. The van der Waals surface area contributed by atoms with Crippen molar-refractivity contribution in [1.82, 2.24) is 0 Å². The number of hydrogen-bond acceptors (Lipinski definition) is 2. The van der Waals surface area contributed by atoms with Crippen molar-refractivity contribution >= 4 is 0 Å². The number of rotatable bonds is 5. The van der Waals surface area contributed by atoms with Crippen molar-refractivity contribution in [2.24, 2.45) is 5.92 Å². The van der Waals surface area contributed by atoms with Crippen LogP contribution in [0.3, 0.4) is 0 Å². The summed E-state index contributed by atoms with van der Waals surface area (Å²) in [5.74, 6) is 1.66. The maximum Gasteiger partial charge on any atom is 0.120 e. The molecule has 2 nitrogen and oxygen atoms in total. The molecule has 1 N–H and O–H groups in total. The maximum absolute atomic E-state index is 8.86. The first kappa shape index (κ1) is 13.4. The molecule has 18 heavy (non-hydrogen) atoms. The van der Waals surface area contributed by atoms with E-state index in [0.29, 0.717) is 12.0 Å². The van der Waals surface area contributed by atoms with Crippen LogP contribution in [0.2, 0.25) is 0 Å². The fraction of sp³-hybridized carbons (Fsp3) is 0.625. The highest BCUT2D eigenvalue weighted by Crippen LogP contribution is 2.28. The third-order valence-electron chi connectivity index (χ3n) is 3.84. The summed E-state index contributed by atoms with van der Waals surface area (Å²) >= 11 is 0. The minimum Gasteiger partial charge on any atom is -0.490 e. The fourth-order valence-electron chi connectivity index (χ4n) is 2.69. The lowest BCUT2D eigenvalue weighted by Crippen LogP contribution is -2.28. The van der Waals surface area contributed by atoms with Crippen LogP contribution in [-0.4, -0.2) is 17.8 Å². The molecule has 0 radical (unpaired) electrons. The van der Waals surface area contributed by atoms with Gasteiger partial charge in [0.15, 0.2) is 0 Å². The van der Waals surface area contributed by atoms with E-state index < -0.39 is 0 Å². The van der Waals surface area contributed by atoms with Crippen molar-refractivity contribution in [2.45, 2.75) is 51.6 Å². The lowest BCUT2D eigenvalue weighted by atomic mass is 9.88. The molecule has 2 heteroatoms. The van der Waals surface area contributed by atoms with E-state index in [1.807, 2.05) is 6.07 Å². The zero-order valence-electron chi connectivity index (χ0n) is 11.3. The Hall–Kier alpha value is -1.02. The van der Waals surface area contributed by atoms with Gasteiger partial charge in [0.2, 0.25) is 0 Å². The Balaban J connectivity index is 1.95. The third-order valence-corrected chi connectivity index (χ3v) is 3.84. The Labute approximate surface area is 110 Å². The summed E-state index contributed by atoms with van der Waals surface area (Å²) in [6, 6.07) is 8.32. The van der Waals surface area contributed by atoms with E-state index in [1.165, 1.54) is 31.2 Å². The smallest absolute Gasteiger partial charge is 0.120 e. The number of hydrogen-bond donors (Lipinski definition) is 1. The lowest BCUT2D eigenvalue weighted by molar-refractivity contribution is 0.102. The van der Waals surface area contributed by atoms with Crippen LogP contribution in [0.25, 0.3) is 0 Å². The average molecular weight is 248 g/mol. The first-order valence-corrected chi connectivity index (χ1v) is 7.16. The number of ether oxygens (including phenoxy) is 1. The summed E-state index contributed by atoms with van der Waals surface area (Å²) in [6.07, 6.45) is 7.23. The minimum atomic E-state index is 0.255. The second kappa shape index (κ2) is 6.79. The first-order valence-electron chi connectivity index (χ1n) is 7.16. The van der Waals surface area contributed by atoms with Crippen molar-refractivity contribution in [3.63, 3.8) is 0 Å². The molecule has 1 aliphatic carbocycles. The molecule has 100 valence electrons. The average Bonchev–Trinajstić information content (AvgIpc) is 2.40. The van der Waals surface area contributed by atoms with Gasteiger partial charge in [0.1, 0.15) is 11.9 Å². The summed E-state index contributed by atoms with van der Waals surface area (Å²) in [4.78, 5) is 0.